The summed E-state index contributed by atoms with van der Waals surface area (Å²) in [4.78, 5) is 17.1. The molecule has 0 bridgehead atoms. The van der Waals surface area contributed by atoms with Crippen LogP contribution in [-0.4, -0.2) is 47.2 Å². The van der Waals surface area contributed by atoms with Gasteiger partial charge in [0.15, 0.2) is 0 Å². The van der Waals surface area contributed by atoms with Crippen LogP contribution in [0.4, 0.5) is 4.79 Å². The molecule has 6 nitrogen and oxygen atoms in total. The molecule has 27 heavy (non-hydrogen) atoms. The Balaban J connectivity index is 1.34. The lowest BCUT2D eigenvalue weighted by atomic mass is 10.0. The van der Waals surface area contributed by atoms with Gasteiger partial charge in [-0.1, -0.05) is 35.8 Å². The van der Waals surface area contributed by atoms with E-state index in [4.69, 9.17) is 16.1 Å². The summed E-state index contributed by atoms with van der Waals surface area (Å²) in [6.45, 7) is 6.12. The summed E-state index contributed by atoms with van der Waals surface area (Å²) in [5.74, 6) is 1.15. The highest BCUT2D eigenvalue weighted by atomic mass is 35.5. The van der Waals surface area contributed by atoms with Crippen LogP contribution >= 0.6 is 11.6 Å². The molecule has 2 heterocycles. The van der Waals surface area contributed by atoms with Crippen LogP contribution in [-0.2, 0) is 6.54 Å². The molecule has 2 fully saturated rings. The van der Waals surface area contributed by atoms with Crippen LogP contribution in [0.3, 0.4) is 0 Å². The second-order valence-corrected chi connectivity index (χ2v) is 8.05. The first-order valence-electron chi connectivity index (χ1n) is 9.52. The van der Waals surface area contributed by atoms with E-state index in [2.05, 4.69) is 22.3 Å². The molecule has 2 aromatic rings. The van der Waals surface area contributed by atoms with Crippen molar-refractivity contribution >= 4 is 17.6 Å². The highest BCUT2D eigenvalue weighted by Gasteiger charge is 2.41. The summed E-state index contributed by atoms with van der Waals surface area (Å²) in [6.07, 6.45) is 2.74. The van der Waals surface area contributed by atoms with Gasteiger partial charge in [-0.3, -0.25) is 4.90 Å². The molecule has 1 aromatic carbocycles. The first-order chi connectivity index (χ1) is 13.1. The number of nitrogens with zero attached hydrogens (tertiary/aromatic N) is 3. The van der Waals surface area contributed by atoms with Gasteiger partial charge >= 0.3 is 6.03 Å². The monoisotopic (exact) mass is 388 g/mol. The molecule has 7 heteroatoms. The zero-order valence-corrected chi connectivity index (χ0v) is 16.2. The van der Waals surface area contributed by atoms with E-state index in [1.165, 1.54) is 0 Å². The third kappa shape index (κ3) is 4.45. The highest BCUT2D eigenvalue weighted by molar-refractivity contribution is 6.30. The number of urea groups is 1. The Morgan fingerprint density at radius 2 is 1.96 bits per heavy atom. The maximum atomic E-state index is 12.9. The van der Waals surface area contributed by atoms with Crippen molar-refractivity contribution in [3.63, 3.8) is 0 Å². The average Bonchev–Trinajstić information content (AvgIpc) is 3.16. The Bertz CT molecular complexity index is 757. The van der Waals surface area contributed by atoms with E-state index < -0.39 is 0 Å². The van der Waals surface area contributed by atoms with Crippen LogP contribution in [0, 0.1) is 11.8 Å². The lowest BCUT2D eigenvalue weighted by Crippen LogP contribution is -2.52. The molecule has 0 radical (unpaired) electrons. The Hall–Kier alpha value is -2.05. The largest absolute Gasteiger partial charge is 0.364 e. The van der Waals surface area contributed by atoms with Crippen molar-refractivity contribution < 1.29 is 9.32 Å². The lowest BCUT2D eigenvalue weighted by Gasteiger charge is -2.35. The number of carbonyl (C=O) groups excluding carboxylic acids is 1. The SMILES string of the molecule is C[C@@H]1C[C@@H]1[C@@H](NC(=O)N1CCN(Cc2ccon2)CC1)c1ccc(Cl)cc1. The van der Waals surface area contributed by atoms with E-state index in [1.54, 1.807) is 6.26 Å². The van der Waals surface area contributed by atoms with Crippen LogP contribution in [0.25, 0.3) is 0 Å². The van der Waals surface area contributed by atoms with Crippen LogP contribution < -0.4 is 5.32 Å². The number of benzene rings is 1. The fourth-order valence-corrected chi connectivity index (χ4v) is 3.93. The van der Waals surface area contributed by atoms with Gasteiger partial charge in [-0.2, -0.15) is 0 Å². The molecule has 1 N–H and O–H groups in total. The molecule has 1 saturated carbocycles. The molecule has 144 valence electrons. The molecule has 1 aromatic heterocycles. The second-order valence-electron chi connectivity index (χ2n) is 7.61. The van der Waals surface area contributed by atoms with Crippen molar-refractivity contribution in [1.29, 1.82) is 0 Å². The zero-order valence-electron chi connectivity index (χ0n) is 15.5. The minimum absolute atomic E-state index is 0.0233. The van der Waals surface area contributed by atoms with Crippen molar-refractivity contribution in [3.8, 4) is 0 Å². The molecular weight excluding hydrogens is 364 g/mol. The number of halogens is 1. The fourth-order valence-electron chi connectivity index (χ4n) is 3.80. The molecule has 3 atom stereocenters. The maximum Gasteiger partial charge on any atom is 0.317 e. The predicted octanol–water partition coefficient (Wildman–Crippen LogP) is 3.55. The first-order valence-corrected chi connectivity index (χ1v) is 9.90. The summed E-state index contributed by atoms with van der Waals surface area (Å²) in [7, 11) is 0. The van der Waals surface area contributed by atoms with E-state index in [-0.39, 0.29) is 12.1 Å². The number of nitrogens with one attached hydrogen (secondary N) is 1. The van der Waals surface area contributed by atoms with Gasteiger partial charge in [0.2, 0.25) is 0 Å². The van der Waals surface area contributed by atoms with E-state index in [0.29, 0.717) is 11.8 Å². The van der Waals surface area contributed by atoms with Crippen molar-refractivity contribution in [1.82, 2.24) is 20.3 Å². The molecule has 2 aliphatic rings. The van der Waals surface area contributed by atoms with Crippen molar-refractivity contribution in [2.24, 2.45) is 11.8 Å². The van der Waals surface area contributed by atoms with Gasteiger partial charge in [0.25, 0.3) is 0 Å². The molecule has 2 amide bonds. The third-order valence-corrected chi connectivity index (χ3v) is 5.90. The van der Waals surface area contributed by atoms with Gasteiger partial charge in [-0.25, -0.2) is 4.79 Å². The minimum atomic E-state index is 0.0233. The quantitative estimate of drug-likeness (QED) is 0.850. The Kier molecular flexibility index (Phi) is 5.36. The summed E-state index contributed by atoms with van der Waals surface area (Å²) >= 11 is 6.02. The lowest BCUT2D eigenvalue weighted by molar-refractivity contribution is 0.131. The number of aromatic nitrogens is 1. The standard InChI is InChI=1S/C20H25ClN4O2/c1-14-12-18(14)19(15-2-4-16(21)5-3-15)22-20(26)25-9-7-24(8-10-25)13-17-6-11-27-23-17/h2-6,11,14,18-19H,7-10,12-13H2,1H3,(H,22,26)/t14-,18+,19+/m1/s1. The van der Waals surface area contributed by atoms with Gasteiger partial charge in [0.1, 0.15) is 6.26 Å². The molecule has 4 rings (SSSR count). The van der Waals surface area contributed by atoms with Crippen molar-refractivity contribution in [3.05, 3.63) is 52.9 Å². The molecule has 1 aliphatic carbocycles. The normalized spacial score (nSPS) is 23.9. The number of hydrogen-bond acceptors (Lipinski definition) is 4. The zero-order chi connectivity index (χ0) is 18.8. The average molecular weight is 389 g/mol. The molecule has 1 aliphatic heterocycles. The number of hydrogen-bond donors (Lipinski definition) is 1. The Morgan fingerprint density at radius 3 is 2.56 bits per heavy atom. The van der Waals surface area contributed by atoms with Gasteiger partial charge in [0, 0.05) is 43.8 Å². The topological polar surface area (TPSA) is 61.6 Å². The number of piperazine rings is 1. The summed E-state index contributed by atoms with van der Waals surface area (Å²) in [5, 5.41) is 7.95. The predicted molar refractivity (Wildman–Crippen MR) is 103 cm³/mol. The highest BCUT2D eigenvalue weighted by Crippen LogP contribution is 2.47. The van der Waals surface area contributed by atoms with Gasteiger partial charge in [0.05, 0.1) is 11.7 Å². The Morgan fingerprint density at radius 1 is 1.26 bits per heavy atom. The van der Waals surface area contributed by atoms with Crippen LogP contribution in [0.2, 0.25) is 5.02 Å². The molecular formula is C20H25ClN4O2. The molecule has 1 saturated heterocycles. The molecule has 0 unspecified atom stereocenters. The van der Waals surface area contributed by atoms with Crippen LogP contribution in [0.15, 0.2) is 41.1 Å². The van der Waals surface area contributed by atoms with E-state index in [0.717, 1.165) is 55.4 Å². The minimum Gasteiger partial charge on any atom is -0.364 e. The van der Waals surface area contributed by atoms with E-state index in [1.807, 2.05) is 35.2 Å². The maximum absolute atomic E-state index is 12.9. The number of carbonyl (C=O) groups is 1. The van der Waals surface area contributed by atoms with Gasteiger partial charge < -0.3 is 14.7 Å². The van der Waals surface area contributed by atoms with E-state index in [9.17, 15) is 4.79 Å². The Labute approximate surface area is 164 Å². The molecule has 0 spiro atoms. The summed E-state index contributed by atoms with van der Waals surface area (Å²) in [6, 6.07) is 9.79. The van der Waals surface area contributed by atoms with Crippen molar-refractivity contribution in [2.75, 3.05) is 26.2 Å². The van der Waals surface area contributed by atoms with Gasteiger partial charge in [-0.15, -0.1) is 0 Å². The van der Waals surface area contributed by atoms with E-state index >= 15 is 0 Å². The summed E-state index contributed by atoms with van der Waals surface area (Å²) < 4.78 is 4.89. The number of rotatable bonds is 5. The van der Waals surface area contributed by atoms with Crippen molar-refractivity contribution in [2.45, 2.75) is 25.9 Å². The smallest absolute Gasteiger partial charge is 0.317 e. The number of amides is 2. The second kappa shape index (κ2) is 7.90. The van der Waals surface area contributed by atoms with Crippen LogP contribution in [0.5, 0.6) is 0 Å². The third-order valence-electron chi connectivity index (χ3n) is 5.64. The van der Waals surface area contributed by atoms with Gasteiger partial charge in [-0.05, 0) is 36.0 Å². The fraction of sp³-hybridized carbons (Fsp3) is 0.500. The summed E-state index contributed by atoms with van der Waals surface area (Å²) in [5.41, 5.74) is 2.06. The van der Waals surface area contributed by atoms with Crippen LogP contribution in [0.1, 0.15) is 30.6 Å². The first kappa shape index (κ1) is 18.3.